The van der Waals surface area contributed by atoms with Crippen molar-refractivity contribution in [3.05, 3.63) is 22.2 Å². The van der Waals surface area contributed by atoms with E-state index in [1.54, 1.807) is 0 Å². The van der Waals surface area contributed by atoms with E-state index in [1.807, 2.05) is 6.07 Å². The summed E-state index contributed by atoms with van der Waals surface area (Å²) in [6.07, 6.45) is 2.41. The van der Waals surface area contributed by atoms with Crippen LogP contribution in [0.25, 0.3) is 0 Å². The van der Waals surface area contributed by atoms with Crippen molar-refractivity contribution >= 4 is 11.6 Å². The Morgan fingerprint density at radius 1 is 1.44 bits per heavy atom. The third kappa shape index (κ3) is 1.97. The highest BCUT2D eigenvalue weighted by molar-refractivity contribution is 6.33. The predicted molar refractivity (Wildman–Crippen MR) is 62.4 cm³/mol. The second kappa shape index (κ2) is 4.93. The summed E-state index contributed by atoms with van der Waals surface area (Å²) in [5, 5.41) is 9.52. The SMILES string of the molecule is CCc1c(CCCO)cc2c(c1Cl)OCO2. The van der Waals surface area contributed by atoms with Crippen molar-refractivity contribution in [3.63, 3.8) is 0 Å². The summed E-state index contributed by atoms with van der Waals surface area (Å²) in [7, 11) is 0. The molecule has 0 radical (unpaired) electrons. The predicted octanol–water partition coefficient (Wildman–Crippen LogP) is 2.56. The summed E-state index contributed by atoms with van der Waals surface area (Å²) in [4.78, 5) is 0. The molecule has 88 valence electrons. The van der Waals surface area contributed by atoms with Gasteiger partial charge < -0.3 is 14.6 Å². The first-order chi connectivity index (χ1) is 7.77. The number of aryl methyl sites for hydroxylation is 1. The molecule has 0 aliphatic carbocycles. The largest absolute Gasteiger partial charge is 0.454 e. The van der Waals surface area contributed by atoms with Gasteiger partial charge in [-0.3, -0.25) is 0 Å². The van der Waals surface area contributed by atoms with Gasteiger partial charge in [0.05, 0.1) is 5.02 Å². The average molecular weight is 243 g/mol. The van der Waals surface area contributed by atoms with Crippen LogP contribution in [0.1, 0.15) is 24.5 Å². The summed E-state index contributed by atoms with van der Waals surface area (Å²) < 4.78 is 10.7. The Balaban J connectivity index is 2.39. The van der Waals surface area contributed by atoms with Crippen LogP contribution in [0, 0.1) is 0 Å². The lowest BCUT2D eigenvalue weighted by Gasteiger charge is -2.11. The number of aliphatic hydroxyl groups is 1. The van der Waals surface area contributed by atoms with Gasteiger partial charge in [-0.1, -0.05) is 18.5 Å². The summed E-state index contributed by atoms with van der Waals surface area (Å²) in [5.41, 5.74) is 2.24. The highest BCUT2D eigenvalue weighted by Gasteiger charge is 2.22. The molecule has 1 aliphatic rings. The molecule has 0 unspecified atom stereocenters. The molecule has 0 atom stereocenters. The van der Waals surface area contributed by atoms with E-state index in [0.29, 0.717) is 10.8 Å². The lowest BCUT2D eigenvalue weighted by Crippen LogP contribution is -1.97. The maximum atomic E-state index is 8.86. The Bertz CT molecular complexity index is 390. The number of halogens is 1. The topological polar surface area (TPSA) is 38.7 Å². The maximum absolute atomic E-state index is 8.86. The zero-order valence-corrected chi connectivity index (χ0v) is 10.0. The molecular weight excluding hydrogens is 228 g/mol. The number of hydrogen-bond donors (Lipinski definition) is 1. The van der Waals surface area contributed by atoms with E-state index in [2.05, 4.69) is 6.92 Å². The summed E-state index contributed by atoms with van der Waals surface area (Å²) >= 11 is 6.27. The van der Waals surface area contributed by atoms with E-state index in [1.165, 1.54) is 0 Å². The van der Waals surface area contributed by atoms with Crippen molar-refractivity contribution in [2.24, 2.45) is 0 Å². The van der Waals surface area contributed by atoms with E-state index in [-0.39, 0.29) is 13.4 Å². The Morgan fingerprint density at radius 3 is 2.94 bits per heavy atom. The van der Waals surface area contributed by atoms with Crippen molar-refractivity contribution in [1.82, 2.24) is 0 Å². The van der Waals surface area contributed by atoms with Crippen LogP contribution in [0.3, 0.4) is 0 Å². The Kier molecular flexibility index (Phi) is 3.56. The zero-order valence-electron chi connectivity index (χ0n) is 9.25. The van der Waals surface area contributed by atoms with E-state index < -0.39 is 0 Å². The molecule has 1 N–H and O–H groups in total. The molecule has 0 fully saturated rings. The molecule has 1 aromatic carbocycles. The van der Waals surface area contributed by atoms with Crippen molar-refractivity contribution in [3.8, 4) is 11.5 Å². The molecular formula is C12H15ClO3. The first-order valence-electron chi connectivity index (χ1n) is 5.48. The van der Waals surface area contributed by atoms with Crippen LogP contribution in [0.15, 0.2) is 6.07 Å². The fourth-order valence-electron chi connectivity index (χ4n) is 1.97. The molecule has 0 amide bonds. The fourth-order valence-corrected chi connectivity index (χ4v) is 2.37. The molecule has 4 heteroatoms. The lowest BCUT2D eigenvalue weighted by molar-refractivity contribution is 0.174. The molecule has 0 saturated heterocycles. The number of hydrogen-bond acceptors (Lipinski definition) is 3. The molecule has 1 aromatic rings. The van der Waals surface area contributed by atoms with Gasteiger partial charge in [-0.05, 0) is 36.5 Å². The molecule has 0 aromatic heterocycles. The van der Waals surface area contributed by atoms with Crippen LogP contribution in [-0.2, 0) is 12.8 Å². The van der Waals surface area contributed by atoms with Crippen LogP contribution < -0.4 is 9.47 Å². The molecule has 0 saturated carbocycles. The van der Waals surface area contributed by atoms with Gasteiger partial charge in [-0.25, -0.2) is 0 Å². The average Bonchev–Trinajstić information content (AvgIpc) is 2.75. The monoisotopic (exact) mass is 242 g/mol. The third-order valence-corrected chi connectivity index (χ3v) is 3.16. The van der Waals surface area contributed by atoms with Crippen LogP contribution in [0.5, 0.6) is 11.5 Å². The molecule has 1 heterocycles. The maximum Gasteiger partial charge on any atom is 0.231 e. The number of aliphatic hydroxyl groups excluding tert-OH is 1. The number of benzene rings is 1. The molecule has 3 nitrogen and oxygen atoms in total. The molecule has 0 bridgehead atoms. The van der Waals surface area contributed by atoms with Gasteiger partial charge in [-0.15, -0.1) is 0 Å². The van der Waals surface area contributed by atoms with E-state index in [0.717, 1.165) is 36.1 Å². The Labute approximate surface area is 99.9 Å². The van der Waals surface area contributed by atoms with Crippen molar-refractivity contribution in [2.45, 2.75) is 26.2 Å². The van der Waals surface area contributed by atoms with Crippen LogP contribution in [-0.4, -0.2) is 18.5 Å². The van der Waals surface area contributed by atoms with Crippen LogP contribution in [0.2, 0.25) is 5.02 Å². The van der Waals surface area contributed by atoms with Gasteiger partial charge in [0.15, 0.2) is 11.5 Å². The second-order valence-electron chi connectivity index (χ2n) is 3.74. The molecule has 2 rings (SSSR count). The second-order valence-corrected chi connectivity index (χ2v) is 4.12. The van der Waals surface area contributed by atoms with Crippen molar-refractivity contribution in [2.75, 3.05) is 13.4 Å². The highest BCUT2D eigenvalue weighted by Crippen LogP contribution is 2.43. The normalized spacial score (nSPS) is 13.2. The van der Waals surface area contributed by atoms with E-state index >= 15 is 0 Å². The Morgan fingerprint density at radius 2 is 2.25 bits per heavy atom. The van der Waals surface area contributed by atoms with Crippen LogP contribution >= 0.6 is 11.6 Å². The van der Waals surface area contributed by atoms with Gasteiger partial charge in [0.2, 0.25) is 6.79 Å². The minimum absolute atomic E-state index is 0.190. The zero-order chi connectivity index (χ0) is 11.5. The third-order valence-electron chi connectivity index (χ3n) is 2.76. The van der Waals surface area contributed by atoms with Crippen molar-refractivity contribution in [1.29, 1.82) is 0 Å². The quantitative estimate of drug-likeness (QED) is 0.882. The smallest absolute Gasteiger partial charge is 0.231 e. The summed E-state index contributed by atoms with van der Waals surface area (Å²) in [6, 6.07) is 1.97. The fraction of sp³-hybridized carbons (Fsp3) is 0.500. The molecule has 1 aliphatic heterocycles. The minimum Gasteiger partial charge on any atom is -0.454 e. The first-order valence-corrected chi connectivity index (χ1v) is 5.86. The standard InChI is InChI=1S/C12H15ClO3/c1-2-9-8(4-3-5-14)6-10-12(11(9)13)16-7-15-10/h6,14H,2-5,7H2,1H3. The molecule has 0 spiro atoms. The molecule has 16 heavy (non-hydrogen) atoms. The summed E-state index contributed by atoms with van der Waals surface area (Å²) in [5.74, 6) is 1.38. The van der Waals surface area contributed by atoms with Crippen LogP contribution in [0.4, 0.5) is 0 Å². The number of ether oxygens (including phenoxy) is 2. The number of fused-ring (bicyclic) bond motifs is 1. The van der Waals surface area contributed by atoms with Gasteiger partial charge in [0.25, 0.3) is 0 Å². The summed E-state index contributed by atoms with van der Waals surface area (Å²) in [6.45, 7) is 2.49. The first kappa shape index (κ1) is 11.6. The van der Waals surface area contributed by atoms with Gasteiger partial charge in [0, 0.05) is 6.61 Å². The van der Waals surface area contributed by atoms with E-state index in [9.17, 15) is 0 Å². The van der Waals surface area contributed by atoms with Gasteiger partial charge >= 0.3 is 0 Å². The van der Waals surface area contributed by atoms with E-state index in [4.69, 9.17) is 26.2 Å². The van der Waals surface area contributed by atoms with Gasteiger partial charge in [-0.2, -0.15) is 0 Å². The highest BCUT2D eigenvalue weighted by atomic mass is 35.5. The van der Waals surface area contributed by atoms with Crippen molar-refractivity contribution < 1.29 is 14.6 Å². The Hall–Kier alpha value is -0.930. The minimum atomic E-state index is 0.190. The number of rotatable bonds is 4. The lowest BCUT2D eigenvalue weighted by atomic mass is 10.00. The van der Waals surface area contributed by atoms with Gasteiger partial charge in [0.1, 0.15) is 0 Å².